The maximum atomic E-state index is 12.9. The van der Waals surface area contributed by atoms with Gasteiger partial charge in [0.05, 0.1) is 27.9 Å². The third kappa shape index (κ3) is 13.9. The molecule has 0 fully saturated rings. The van der Waals surface area contributed by atoms with E-state index in [1.807, 2.05) is 4.90 Å². The van der Waals surface area contributed by atoms with Gasteiger partial charge in [-0.3, -0.25) is 18.5 Å². The second kappa shape index (κ2) is 20.2. The van der Waals surface area contributed by atoms with Gasteiger partial charge in [-0.25, -0.2) is 13.1 Å². The van der Waals surface area contributed by atoms with E-state index < -0.39 is 62.9 Å². The van der Waals surface area contributed by atoms with Crippen molar-refractivity contribution in [3.63, 3.8) is 0 Å². The number of nitrogens with one attached hydrogen (secondary N) is 1. The Labute approximate surface area is 348 Å². The number of aliphatic carboxylic acids is 1. The summed E-state index contributed by atoms with van der Waals surface area (Å²) < 4.78 is 134. The molecule has 0 amide bonds. The molecule has 2 aromatic carbocycles. The van der Waals surface area contributed by atoms with E-state index in [1.165, 1.54) is 37.4 Å². The number of aryl methyl sites for hydroxylation is 1. The van der Waals surface area contributed by atoms with Crippen LogP contribution in [0.3, 0.4) is 0 Å². The first-order valence-corrected chi connectivity index (χ1v) is 24.8. The lowest BCUT2D eigenvalue weighted by Crippen LogP contribution is -2.34. The summed E-state index contributed by atoms with van der Waals surface area (Å²) in [5.74, 6) is -1.85. The van der Waals surface area contributed by atoms with Gasteiger partial charge < -0.3 is 14.7 Å². The molecule has 328 valence electrons. The van der Waals surface area contributed by atoms with Crippen molar-refractivity contribution in [2.24, 2.45) is 0 Å². The van der Waals surface area contributed by atoms with Crippen LogP contribution in [-0.4, -0.2) is 96.7 Å². The third-order valence-corrected chi connectivity index (χ3v) is 14.3. The first-order valence-electron chi connectivity index (χ1n) is 18.6. The van der Waals surface area contributed by atoms with Gasteiger partial charge in [0.15, 0.2) is 0 Å². The van der Waals surface area contributed by atoms with Crippen molar-refractivity contribution in [3.05, 3.63) is 101 Å². The van der Waals surface area contributed by atoms with Crippen LogP contribution in [0.5, 0.6) is 0 Å². The fourth-order valence-electron chi connectivity index (χ4n) is 7.13. The normalized spacial score (nSPS) is 18.2. The average Bonchev–Trinajstić information content (AvgIpc) is 3.34. The van der Waals surface area contributed by atoms with E-state index in [2.05, 4.69) is 11.3 Å². The van der Waals surface area contributed by atoms with Gasteiger partial charge >= 0.3 is 5.97 Å². The van der Waals surface area contributed by atoms with Crippen molar-refractivity contribution in [1.82, 2.24) is 4.72 Å². The lowest BCUT2D eigenvalue weighted by molar-refractivity contribution is -0.137. The minimum Gasteiger partial charge on any atom is -0.481 e. The first-order chi connectivity index (χ1) is 27.2. The number of sulfonamides is 1. The SMILES string of the molecule is C=C(/C=C/C=C/C=C1/N(CCCCCC(=O)O)c2ccc(S(=O)(=O)O)cc2C1(C)CCCS(=O)(=O)O)C(C)(CCS(=O)(=O)NCCOC)c1cc(S(=O)(=O)O)ccc1C. The van der Waals surface area contributed by atoms with Crippen molar-refractivity contribution < 1.29 is 62.0 Å². The molecule has 16 nitrogen and oxygen atoms in total. The molecule has 1 aliphatic heterocycles. The molecule has 0 saturated carbocycles. The van der Waals surface area contributed by atoms with E-state index in [0.29, 0.717) is 59.5 Å². The van der Waals surface area contributed by atoms with Gasteiger partial charge in [-0.1, -0.05) is 50.3 Å². The largest absolute Gasteiger partial charge is 0.481 e. The molecule has 0 aromatic heterocycles. The zero-order valence-electron chi connectivity index (χ0n) is 33.5. The maximum Gasteiger partial charge on any atom is 0.303 e. The van der Waals surface area contributed by atoms with E-state index in [4.69, 9.17) is 9.84 Å². The van der Waals surface area contributed by atoms with Crippen molar-refractivity contribution in [1.29, 1.82) is 0 Å². The monoisotopic (exact) mass is 902 g/mol. The summed E-state index contributed by atoms with van der Waals surface area (Å²) >= 11 is 0. The Morgan fingerprint density at radius 1 is 0.898 bits per heavy atom. The highest BCUT2D eigenvalue weighted by Crippen LogP contribution is 2.51. The van der Waals surface area contributed by atoms with Crippen molar-refractivity contribution in [2.75, 3.05) is 43.2 Å². The lowest BCUT2D eigenvalue weighted by atomic mass is 9.72. The summed E-state index contributed by atoms with van der Waals surface area (Å²) in [4.78, 5) is 12.3. The van der Waals surface area contributed by atoms with Crippen molar-refractivity contribution in [2.45, 2.75) is 86.3 Å². The number of carbonyl (C=O) groups is 1. The Kier molecular flexibility index (Phi) is 17.0. The molecule has 0 bridgehead atoms. The fraction of sp³-hybridized carbons (Fsp3) is 0.462. The van der Waals surface area contributed by atoms with Crippen molar-refractivity contribution in [3.8, 4) is 0 Å². The number of methoxy groups -OCH3 is 1. The standard InChI is InChI=1S/C39H54N2O14S4/c1-29-16-17-31(58(49,50)51)27-33(29)38(3,21-26-56(44,45)40-22-24-55-5)30(2)13-8-6-9-14-36-39(4,20-12-25-57(46,47)48)34-28-32(59(52,53)54)18-19-35(34)41(36)23-11-7-10-15-37(42)43/h6,8-9,13-14,16-19,27-28,40H,2,7,10-12,15,20-26H2,1,3-5H3,(H,42,43)(H,46,47,48)(H,49,50,51)(H,52,53,54)/b9-6+,13-8+,36-14+. The molecular weight excluding hydrogens is 849 g/mol. The van der Waals surface area contributed by atoms with Gasteiger partial charge in [0.2, 0.25) is 10.0 Å². The number of unbranched alkanes of at least 4 members (excludes halogenated alkanes) is 2. The fourth-order valence-corrected chi connectivity index (χ4v) is 9.87. The summed E-state index contributed by atoms with van der Waals surface area (Å²) in [5, 5.41) is 9.09. The zero-order valence-corrected chi connectivity index (χ0v) is 36.8. The predicted octanol–water partition coefficient (Wildman–Crippen LogP) is 5.35. The molecule has 2 atom stereocenters. The Balaban J connectivity index is 2.09. The number of fused-ring (bicyclic) bond motifs is 1. The topological polar surface area (TPSA) is 259 Å². The second-order valence-corrected chi connectivity index (χ2v) is 21.1. The number of benzene rings is 2. The Bertz CT molecular complexity index is 2410. The highest BCUT2D eigenvalue weighted by atomic mass is 32.2. The highest BCUT2D eigenvalue weighted by Gasteiger charge is 2.43. The molecule has 0 aliphatic carbocycles. The van der Waals surface area contributed by atoms with Crippen LogP contribution in [0.1, 0.15) is 75.5 Å². The molecule has 59 heavy (non-hydrogen) atoms. The van der Waals surface area contributed by atoms with Crippen LogP contribution < -0.4 is 9.62 Å². The second-order valence-electron chi connectivity index (χ2n) is 14.8. The van der Waals surface area contributed by atoms with E-state index >= 15 is 0 Å². The number of allylic oxidation sites excluding steroid dienone is 7. The molecular formula is C39H54N2O14S4. The summed E-state index contributed by atoms with van der Waals surface area (Å²) in [5.41, 5.74) is 0.968. The maximum absolute atomic E-state index is 12.9. The van der Waals surface area contributed by atoms with Crippen LogP contribution in [0.2, 0.25) is 0 Å². The van der Waals surface area contributed by atoms with Crippen LogP contribution in [0.25, 0.3) is 0 Å². The van der Waals surface area contributed by atoms with Crippen molar-refractivity contribution >= 4 is 52.0 Å². The van der Waals surface area contributed by atoms with Crippen LogP contribution >= 0.6 is 0 Å². The van der Waals surface area contributed by atoms with Gasteiger partial charge in [-0.05, 0) is 105 Å². The molecule has 0 saturated heterocycles. The van der Waals surface area contributed by atoms with Gasteiger partial charge in [0.25, 0.3) is 30.4 Å². The number of hydrogen-bond donors (Lipinski definition) is 5. The summed E-state index contributed by atoms with van der Waals surface area (Å²) in [6.07, 6.45) is 9.96. The minimum absolute atomic E-state index is 0.00743. The number of hydrogen-bond acceptors (Lipinski definition) is 11. The van der Waals surface area contributed by atoms with E-state index in [-0.39, 0.29) is 54.4 Å². The van der Waals surface area contributed by atoms with Crippen LogP contribution in [0.4, 0.5) is 5.69 Å². The minimum atomic E-state index is -4.63. The van der Waals surface area contributed by atoms with E-state index in [0.717, 1.165) is 0 Å². The zero-order chi connectivity index (χ0) is 44.5. The molecule has 2 unspecified atom stereocenters. The lowest BCUT2D eigenvalue weighted by Gasteiger charge is -2.33. The summed E-state index contributed by atoms with van der Waals surface area (Å²) in [6.45, 7) is 10.0. The summed E-state index contributed by atoms with van der Waals surface area (Å²) in [6, 6.07) is 8.17. The predicted molar refractivity (Wildman–Crippen MR) is 225 cm³/mol. The molecule has 2 aromatic rings. The number of anilines is 1. The number of nitrogens with zero attached hydrogens (tertiary/aromatic N) is 1. The molecule has 5 N–H and O–H groups in total. The van der Waals surface area contributed by atoms with E-state index in [9.17, 15) is 52.1 Å². The smallest absolute Gasteiger partial charge is 0.303 e. The Morgan fingerprint density at radius 3 is 2.15 bits per heavy atom. The van der Waals surface area contributed by atoms with Gasteiger partial charge in [-0.2, -0.15) is 25.3 Å². The van der Waals surface area contributed by atoms with Crippen LogP contribution in [-0.2, 0) is 60.7 Å². The Morgan fingerprint density at radius 2 is 1.54 bits per heavy atom. The number of rotatable bonds is 24. The number of carboxylic acid groups (broad SMARTS) is 1. The Hall–Kier alpha value is -3.73. The van der Waals surface area contributed by atoms with Crippen LogP contribution in [0, 0.1) is 6.92 Å². The first kappa shape index (κ1) is 49.6. The molecule has 3 rings (SSSR count). The third-order valence-electron chi connectivity index (χ3n) is 10.4. The molecule has 1 heterocycles. The average molecular weight is 903 g/mol. The summed E-state index contributed by atoms with van der Waals surface area (Å²) in [7, 11) is -15.9. The highest BCUT2D eigenvalue weighted by molar-refractivity contribution is 7.89. The molecule has 0 radical (unpaired) electrons. The van der Waals surface area contributed by atoms with Gasteiger partial charge in [0, 0.05) is 48.8 Å². The van der Waals surface area contributed by atoms with Gasteiger partial charge in [-0.15, -0.1) is 0 Å². The van der Waals surface area contributed by atoms with Crippen LogP contribution in [0.15, 0.2) is 94.4 Å². The molecule has 0 spiro atoms. The quantitative estimate of drug-likeness (QED) is 0.0506. The molecule has 20 heteroatoms. The number of carboxylic acids is 1. The van der Waals surface area contributed by atoms with Gasteiger partial charge in [0.1, 0.15) is 0 Å². The number of ether oxygens (including phenoxy) is 1. The molecule has 1 aliphatic rings. The van der Waals surface area contributed by atoms with E-state index in [1.54, 1.807) is 57.2 Å².